The number of benzene rings is 3. The van der Waals surface area contributed by atoms with Crippen LogP contribution in [0.5, 0.6) is 17.2 Å². The van der Waals surface area contributed by atoms with Crippen molar-refractivity contribution >= 4 is 28.3 Å². The summed E-state index contributed by atoms with van der Waals surface area (Å²) in [6.45, 7) is 6.73. The molecular formula is C28H30ClN3O3. The van der Waals surface area contributed by atoms with E-state index < -0.39 is 0 Å². The van der Waals surface area contributed by atoms with Gasteiger partial charge in [-0.2, -0.15) is 0 Å². The molecule has 1 atom stereocenters. The molecule has 0 aliphatic carbocycles. The monoisotopic (exact) mass is 491 g/mol. The van der Waals surface area contributed by atoms with Crippen molar-refractivity contribution in [1.82, 2.24) is 9.97 Å². The van der Waals surface area contributed by atoms with E-state index in [0.29, 0.717) is 29.0 Å². The number of hydrogen-bond donors (Lipinski definition) is 1. The maximum atomic E-state index is 6.33. The zero-order valence-corrected chi connectivity index (χ0v) is 21.4. The van der Waals surface area contributed by atoms with Crippen LogP contribution in [0.25, 0.3) is 22.0 Å². The van der Waals surface area contributed by atoms with Gasteiger partial charge >= 0.3 is 0 Å². The van der Waals surface area contributed by atoms with Crippen LogP contribution in [0, 0.1) is 6.92 Å². The predicted octanol–water partition coefficient (Wildman–Crippen LogP) is 7.24. The van der Waals surface area contributed by atoms with E-state index in [9.17, 15) is 0 Å². The Hall–Kier alpha value is -3.51. The van der Waals surface area contributed by atoms with Gasteiger partial charge in [0.25, 0.3) is 0 Å². The van der Waals surface area contributed by atoms with Crippen LogP contribution in [0.4, 0.5) is 5.82 Å². The highest BCUT2D eigenvalue weighted by atomic mass is 35.5. The molecule has 3 aromatic carbocycles. The molecule has 0 unspecified atom stereocenters. The van der Waals surface area contributed by atoms with Crippen LogP contribution in [0.15, 0.2) is 54.6 Å². The van der Waals surface area contributed by atoms with E-state index in [-0.39, 0.29) is 6.04 Å². The van der Waals surface area contributed by atoms with Crippen molar-refractivity contribution in [2.75, 3.05) is 26.1 Å². The largest absolute Gasteiger partial charge is 0.493 e. The third-order valence-corrected chi connectivity index (χ3v) is 6.00. The first-order valence-electron chi connectivity index (χ1n) is 11.6. The number of aryl methyl sites for hydroxylation is 1. The first kappa shape index (κ1) is 24.6. The molecule has 0 radical (unpaired) electrons. The van der Waals surface area contributed by atoms with Crippen LogP contribution >= 0.6 is 11.6 Å². The fraction of sp³-hybridized carbons (Fsp3) is 0.286. The van der Waals surface area contributed by atoms with E-state index in [2.05, 4.69) is 47.3 Å². The molecular weight excluding hydrogens is 462 g/mol. The molecule has 7 heteroatoms. The number of halogens is 1. The summed E-state index contributed by atoms with van der Waals surface area (Å²) in [6, 6.07) is 17.9. The number of rotatable bonds is 9. The Kier molecular flexibility index (Phi) is 7.61. The summed E-state index contributed by atoms with van der Waals surface area (Å²) >= 11 is 6.33. The number of aromatic nitrogens is 2. The van der Waals surface area contributed by atoms with E-state index in [1.54, 1.807) is 14.2 Å². The SMILES string of the molecule is CCCOc1ccc(Cl)cc1-c1cccc([C@@H](C)Nc2nc(C)nc3cc(OC)c(OC)cc23)c1. The van der Waals surface area contributed by atoms with Crippen LogP contribution in [-0.2, 0) is 0 Å². The Balaban J connectivity index is 1.69. The molecule has 0 bridgehead atoms. The molecule has 0 aliphatic heterocycles. The van der Waals surface area contributed by atoms with Gasteiger partial charge in [0.05, 0.1) is 26.3 Å². The molecule has 0 fully saturated rings. The van der Waals surface area contributed by atoms with Crippen LogP contribution in [0.2, 0.25) is 5.02 Å². The second kappa shape index (κ2) is 10.8. The lowest BCUT2D eigenvalue weighted by Gasteiger charge is -2.19. The molecule has 1 N–H and O–H groups in total. The topological polar surface area (TPSA) is 65.5 Å². The lowest BCUT2D eigenvalue weighted by molar-refractivity contribution is 0.318. The van der Waals surface area contributed by atoms with Gasteiger partial charge in [0.1, 0.15) is 17.4 Å². The molecule has 6 nitrogen and oxygen atoms in total. The highest BCUT2D eigenvalue weighted by Gasteiger charge is 2.16. The Bertz CT molecular complexity index is 1340. The minimum Gasteiger partial charge on any atom is -0.493 e. The Morgan fingerprint density at radius 2 is 1.71 bits per heavy atom. The van der Waals surface area contributed by atoms with Crippen molar-refractivity contribution in [3.05, 3.63) is 71.0 Å². The number of nitrogens with one attached hydrogen (secondary N) is 1. The zero-order valence-electron chi connectivity index (χ0n) is 20.7. The average molecular weight is 492 g/mol. The molecule has 0 spiro atoms. The van der Waals surface area contributed by atoms with Gasteiger partial charge in [0, 0.05) is 28.1 Å². The van der Waals surface area contributed by atoms with E-state index in [0.717, 1.165) is 45.6 Å². The van der Waals surface area contributed by atoms with Crippen LogP contribution in [0.3, 0.4) is 0 Å². The molecule has 0 saturated heterocycles. The minimum atomic E-state index is -0.0280. The standard InChI is InChI=1S/C28H30ClN3O3/c1-6-12-35-25-11-10-21(29)14-22(25)20-9-7-8-19(13-20)17(2)30-28-23-15-26(33-4)27(34-5)16-24(23)31-18(3)32-28/h7-11,13-17H,6,12H2,1-5H3,(H,30,31,32)/t17-/m1/s1. The fourth-order valence-electron chi connectivity index (χ4n) is 4.01. The van der Waals surface area contributed by atoms with Crippen molar-refractivity contribution in [1.29, 1.82) is 0 Å². The third kappa shape index (κ3) is 5.43. The summed E-state index contributed by atoms with van der Waals surface area (Å²) in [4.78, 5) is 9.27. The summed E-state index contributed by atoms with van der Waals surface area (Å²) in [5.74, 6) is 3.50. The third-order valence-electron chi connectivity index (χ3n) is 5.77. The predicted molar refractivity (Wildman–Crippen MR) is 142 cm³/mol. The van der Waals surface area contributed by atoms with Gasteiger partial charge in [-0.15, -0.1) is 0 Å². The number of ether oxygens (including phenoxy) is 3. The first-order valence-corrected chi connectivity index (χ1v) is 12.0. The molecule has 0 amide bonds. The van der Waals surface area contributed by atoms with Gasteiger partial charge in [-0.1, -0.05) is 36.7 Å². The molecule has 0 aliphatic rings. The highest BCUT2D eigenvalue weighted by Crippen LogP contribution is 2.37. The van der Waals surface area contributed by atoms with Crippen molar-refractivity contribution in [2.45, 2.75) is 33.2 Å². The quantitative estimate of drug-likeness (QED) is 0.266. The number of hydrogen-bond acceptors (Lipinski definition) is 6. The second-order valence-electron chi connectivity index (χ2n) is 8.32. The number of anilines is 1. The summed E-state index contributed by atoms with van der Waals surface area (Å²) in [5, 5.41) is 5.10. The van der Waals surface area contributed by atoms with Gasteiger partial charge in [-0.05, 0) is 61.7 Å². The van der Waals surface area contributed by atoms with Crippen molar-refractivity contribution in [2.24, 2.45) is 0 Å². The van der Waals surface area contributed by atoms with Gasteiger partial charge in [0.15, 0.2) is 11.5 Å². The lowest BCUT2D eigenvalue weighted by Crippen LogP contribution is -2.10. The highest BCUT2D eigenvalue weighted by molar-refractivity contribution is 6.31. The summed E-state index contributed by atoms with van der Waals surface area (Å²) < 4.78 is 16.9. The maximum Gasteiger partial charge on any atom is 0.162 e. The summed E-state index contributed by atoms with van der Waals surface area (Å²) in [5.41, 5.74) is 3.91. The Morgan fingerprint density at radius 3 is 2.46 bits per heavy atom. The van der Waals surface area contributed by atoms with Gasteiger partial charge in [-0.3, -0.25) is 0 Å². The van der Waals surface area contributed by atoms with E-state index >= 15 is 0 Å². The van der Waals surface area contributed by atoms with Crippen LogP contribution in [-0.4, -0.2) is 30.8 Å². The normalized spacial score (nSPS) is 11.8. The number of nitrogens with zero attached hydrogens (tertiary/aromatic N) is 2. The Labute approximate surface area is 211 Å². The molecule has 1 heterocycles. The second-order valence-corrected chi connectivity index (χ2v) is 8.76. The fourth-order valence-corrected chi connectivity index (χ4v) is 4.18. The molecule has 1 aromatic heterocycles. The van der Waals surface area contributed by atoms with Crippen LogP contribution < -0.4 is 19.5 Å². The zero-order chi connectivity index (χ0) is 24.9. The minimum absolute atomic E-state index is 0.0280. The molecule has 182 valence electrons. The van der Waals surface area contributed by atoms with Gasteiger partial charge in [0.2, 0.25) is 0 Å². The van der Waals surface area contributed by atoms with E-state index in [4.69, 9.17) is 25.8 Å². The molecule has 4 rings (SSSR count). The van der Waals surface area contributed by atoms with E-state index in [1.807, 2.05) is 43.3 Å². The molecule has 35 heavy (non-hydrogen) atoms. The van der Waals surface area contributed by atoms with Gasteiger partial charge < -0.3 is 19.5 Å². The molecule has 4 aromatic rings. The number of methoxy groups -OCH3 is 2. The van der Waals surface area contributed by atoms with Crippen molar-refractivity contribution in [3.8, 4) is 28.4 Å². The maximum absolute atomic E-state index is 6.33. The van der Waals surface area contributed by atoms with E-state index in [1.165, 1.54) is 0 Å². The van der Waals surface area contributed by atoms with Crippen LogP contribution in [0.1, 0.15) is 37.7 Å². The Morgan fingerprint density at radius 1 is 0.943 bits per heavy atom. The van der Waals surface area contributed by atoms with Crippen molar-refractivity contribution < 1.29 is 14.2 Å². The van der Waals surface area contributed by atoms with Crippen molar-refractivity contribution in [3.63, 3.8) is 0 Å². The lowest BCUT2D eigenvalue weighted by atomic mass is 9.99. The molecule has 0 saturated carbocycles. The average Bonchev–Trinajstić information content (AvgIpc) is 2.87. The summed E-state index contributed by atoms with van der Waals surface area (Å²) in [6.07, 6.45) is 0.937. The summed E-state index contributed by atoms with van der Waals surface area (Å²) in [7, 11) is 3.23. The smallest absolute Gasteiger partial charge is 0.162 e. The first-order chi connectivity index (χ1) is 16.9. The number of fused-ring (bicyclic) bond motifs is 1. The van der Waals surface area contributed by atoms with Gasteiger partial charge in [-0.25, -0.2) is 9.97 Å².